The molecule has 0 spiro atoms. The highest BCUT2D eigenvalue weighted by Gasteiger charge is 2.29. The van der Waals surface area contributed by atoms with Crippen molar-refractivity contribution < 1.29 is 39.3 Å². The molecule has 0 unspecified atom stereocenters. The van der Waals surface area contributed by atoms with Gasteiger partial charge in [0.25, 0.3) is 0 Å². The second kappa shape index (κ2) is 8.56. The summed E-state index contributed by atoms with van der Waals surface area (Å²) >= 11 is 0. The number of amides is 2. The van der Waals surface area contributed by atoms with Crippen LogP contribution in [-0.2, 0) is 24.0 Å². The lowest BCUT2D eigenvalue weighted by atomic mass is 10.1. The zero-order valence-electron chi connectivity index (χ0n) is 11.6. The minimum atomic E-state index is -1.76. The van der Waals surface area contributed by atoms with Gasteiger partial charge in [0.15, 0.2) is 0 Å². The molecule has 22 heavy (non-hydrogen) atoms. The number of rotatable bonds is 9. The van der Waals surface area contributed by atoms with Crippen LogP contribution < -0.4 is 16.4 Å². The Morgan fingerprint density at radius 1 is 0.864 bits per heavy atom. The number of aliphatic carboxylic acids is 3. The van der Waals surface area contributed by atoms with Gasteiger partial charge in [0.1, 0.15) is 12.1 Å². The van der Waals surface area contributed by atoms with Crippen LogP contribution in [0, 0.1) is 0 Å². The summed E-state index contributed by atoms with van der Waals surface area (Å²) in [6, 6.07) is -4.35. The molecule has 0 saturated heterocycles. The molecule has 0 rings (SSSR count). The number of carbonyl (C=O) groups excluding carboxylic acids is 2. The van der Waals surface area contributed by atoms with E-state index in [1.165, 1.54) is 6.92 Å². The molecule has 0 aliphatic heterocycles. The zero-order valence-corrected chi connectivity index (χ0v) is 11.6. The van der Waals surface area contributed by atoms with E-state index in [2.05, 4.69) is 0 Å². The normalized spacial score (nSPS) is 14.3. The van der Waals surface area contributed by atoms with Crippen LogP contribution in [0.3, 0.4) is 0 Å². The Morgan fingerprint density at radius 2 is 1.27 bits per heavy atom. The predicted molar refractivity (Wildman–Crippen MR) is 69.7 cm³/mol. The first-order chi connectivity index (χ1) is 10.0. The fourth-order valence-corrected chi connectivity index (χ4v) is 1.33. The van der Waals surface area contributed by atoms with Gasteiger partial charge in [-0.3, -0.25) is 19.2 Å². The molecule has 0 aliphatic rings. The Balaban J connectivity index is 5.00. The first-order valence-corrected chi connectivity index (χ1v) is 6.07. The molecule has 2 amide bonds. The SMILES string of the molecule is C[C@H](N)C(=O)N[C@@H](CC(=O)O)C(=O)N[C@@H](CC(=O)O)C(=O)O. The average Bonchev–Trinajstić information content (AvgIpc) is 2.35. The van der Waals surface area contributed by atoms with Gasteiger partial charge in [0.2, 0.25) is 11.8 Å². The molecule has 0 radical (unpaired) electrons. The third-order valence-corrected chi connectivity index (χ3v) is 2.42. The Kier molecular flexibility index (Phi) is 7.52. The van der Waals surface area contributed by atoms with Gasteiger partial charge in [0.05, 0.1) is 18.9 Å². The van der Waals surface area contributed by atoms with Crippen LogP contribution in [0.5, 0.6) is 0 Å². The van der Waals surface area contributed by atoms with Gasteiger partial charge in [-0.15, -0.1) is 0 Å². The molecule has 0 bridgehead atoms. The van der Waals surface area contributed by atoms with Crippen LogP contribution in [0.2, 0.25) is 0 Å². The number of nitrogens with two attached hydrogens (primary N) is 1. The number of carboxylic acids is 3. The molecule has 124 valence electrons. The Bertz CT molecular complexity index is 476. The van der Waals surface area contributed by atoms with Gasteiger partial charge >= 0.3 is 17.9 Å². The Labute approximate surface area is 124 Å². The van der Waals surface area contributed by atoms with Gasteiger partial charge < -0.3 is 31.7 Å². The van der Waals surface area contributed by atoms with Crippen LogP contribution in [0.25, 0.3) is 0 Å². The molecule has 0 heterocycles. The van der Waals surface area contributed by atoms with Gasteiger partial charge in [-0.1, -0.05) is 0 Å². The van der Waals surface area contributed by atoms with Crippen LogP contribution in [0.4, 0.5) is 0 Å². The monoisotopic (exact) mass is 319 g/mol. The average molecular weight is 319 g/mol. The van der Waals surface area contributed by atoms with Crippen molar-refractivity contribution >= 4 is 29.7 Å². The first kappa shape index (κ1) is 19.3. The fraction of sp³-hybridized carbons (Fsp3) is 0.545. The van der Waals surface area contributed by atoms with E-state index in [-0.39, 0.29) is 0 Å². The molecule has 0 aromatic heterocycles. The second-order valence-corrected chi connectivity index (χ2v) is 4.44. The molecule has 0 fully saturated rings. The van der Waals surface area contributed by atoms with E-state index >= 15 is 0 Å². The summed E-state index contributed by atoms with van der Waals surface area (Å²) in [5.74, 6) is -6.45. The lowest BCUT2D eigenvalue weighted by Crippen LogP contribution is -2.54. The minimum Gasteiger partial charge on any atom is -0.481 e. The third-order valence-electron chi connectivity index (χ3n) is 2.42. The van der Waals surface area contributed by atoms with E-state index in [0.29, 0.717) is 0 Å². The van der Waals surface area contributed by atoms with E-state index in [0.717, 1.165) is 0 Å². The Hall–Kier alpha value is -2.69. The molecule has 0 aromatic carbocycles. The number of carboxylic acid groups (broad SMARTS) is 3. The highest BCUT2D eigenvalue weighted by atomic mass is 16.4. The van der Waals surface area contributed by atoms with E-state index in [9.17, 15) is 24.0 Å². The molecule has 0 aliphatic carbocycles. The van der Waals surface area contributed by atoms with Crippen molar-refractivity contribution in [3.8, 4) is 0 Å². The number of hydrogen-bond donors (Lipinski definition) is 6. The summed E-state index contributed by atoms with van der Waals surface area (Å²) in [5, 5.41) is 30.0. The van der Waals surface area contributed by atoms with Crippen molar-refractivity contribution in [2.24, 2.45) is 5.73 Å². The topological polar surface area (TPSA) is 196 Å². The summed E-state index contributed by atoms with van der Waals surface area (Å²) in [4.78, 5) is 55.3. The lowest BCUT2D eigenvalue weighted by Gasteiger charge is -2.20. The van der Waals surface area contributed by atoms with E-state index < -0.39 is 60.7 Å². The molecule has 0 saturated carbocycles. The van der Waals surface area contributed by atoms with E-state index in [1.54, 1.807) is 0 Å². The smallest absolute Gasteiger partial charge is 0.326 e. The molecule has 11 heteroatoms. The zero-order chi connectivity index (χ0) is 17.4. The number of nitrogens with one attached hydrogen (secondary N) is 2. The summed E-state index contributed by atoms with van der Waals surface area (Å²) < 4.78 is 0. The van der Waals surface area contributed by atoms with Crippen molar-refractivity contribution in [3.63, 3.8) is 0 Å². The molecule has 0 aromatic rings. The van der Waals surface area contributed by atoms with Crippen LogP contribution >= 0.6 is 0 Å². The van der Waals surface area contributed by atoms with Gasteiger partial charge in [-0.2, -0.15) is 0 Å². The molecular weight excluding hydrogens is 302 g/mol. The summed E-state index contributed by atoms with van der Waals surface area (Å²) in [6.45, 7) is 1.30. The summed E-state index contributed by atoms with van der Waals surface area (Å²) in [5.41, 5.74) is 5.27. The van der Waals surface area contributed by atoms with Crippen molar-refractivity contribution in [2.45, 2.75) is 37.9 Å². The van der Waals surface area contributed by atoms with Crippen molar-refractivity contribution in [2.75, 3.05) is 0 Å². The third kappa shape index (κ3) is 7.19. The molecular formula is C11H17N3O8. The van der Waals surface area contributed by atoms with Crippen molar-refractivity contribution in [1.29, 1.82) is 0 Å². The maximum absolute atomic E-state index is 11.8. The van der Waals surface area contributed by atoms with Crippen LogP contribution in [-0.4, -0.2) is 63.2 Å². The van der Waals surface area contributed by atoms with Gasteiger partial charge in [-0.05, 0) is 6.92 Å². The van der Waals surface area contributed by atoms with Crippen LogP contribution in [0.1, 0.15) is 19.8 Å². The molecule has 11 nitrogen and oxygen atoms in total. The van der Waals surface area contributed by atoms with Crippen LogP contribution in [0.15, 0.2) is 0 Å². The Morgan fingerprint density at radius 3 is 1.64 bits per heavy atom. The fourth-order valence-electron chi connectivity index (χ4n) is 1.33. The highest BCUT2D eigenvalue weighted by molar-refractivity contribution is 5.94. The summed E-state index contributed by atoms with van der Waals surface area (Å²) in [7, 11) is 0. The predicted octanol–water partition coefficient (Wildman–Crippen LogP) is -2.66. The maximum Gasteiger partial charge on any atom is 0.326 e. The van der Waals surface area contributed by atoms with Gasteiger partial charge in [0, 0.05) is 0 Å². The van der Waals surface area contributed by atoms with E-state index in [4.69, 9.17) is 21.1 Å². The van der Waals surface area contributed by atoms with Crippen molar-refractivity contribution in [3.05, 3.63) is 0 Å². The minimum absolute atomic E-state index is 0.813. The molecule has 3 atom stereocenters. The maximum atomic E-state index is 11.8. The first-order valence-electron chi connectivity index (χ1n) is 6.07. The number of carbonyl (C=O) groups is 5. The largest absolute Gasteiger partial charge is 0.481 e. The standard InChI is InChI=1S/C11H17N3O8/c1-4(12)9(19)13-5(2-7(15)16)10(20)14-6(11(21)22)3-8(17)18/h4-6H,2-3,12H2,1H3,(H,13,19)(H,14,20)(H,15,16)(H,17,18)(H,21,22)/t4-,5-,6-/m0/s1. The quantitative estimate of drug-likeness (QED) is 0.262. The molecule has 7 N–H and O–H groups in total. The second-order valence-electron chi connectivity index (χ2n) is 4.44. The lowest BCUT2D eigenvalue weighted by molar-refractivity contribution is -0.148. The van der Waals surface area contributed by atoms with E-state index in [1.807, 2.05) is 10.6 Å². The highest BCUT2D eigenvalue weighted by Crippen LogP contribution is 1.99. The van der Waals surface area contributed by atoms with Crippen molar-refractivity contribution in [1.82, 2.24) is 10.6 Å². The van der Waals surface area contributed by atoms with Gasteiger partial charge in [-0.25, -0.2) is 4.79 Å². The summed E-state index contributed by atoms with van der Waals surface area (Å²) in [6.07, 6.45) is -1.72. The number of hydrogen-bond acceptors (Lipinski definition) is 6.